The maximum atomic E-state index is 15.2. The number of nitriles is 1. The smallest absolute Gasteiger partial charge is 0.105 e. The van der Waals surface area contributed by atoms with E-state index in [2.05, 4.69) is 19.9 Å². The molecular weight excluding hydrogens is 317 g/mol. The third kappa shape index (κ3) is 2.11. The van der Waals surface area contributed by atoms with Crippen LogP contribution in [0.3, 0.4) is 0 Å². The Labute approximate surface area is 148 Å². The SMILES string of the molecule is COC1=CC2=C(F)C[C@@H]3C(=C(C#N)C[C@]4(C)[C@H](O)CC[C@@H]34)[C@@]2(C)CC1. The lowest BCUT2D eigenvalue weighted by molar-refractivity contribution is 0.0127. The van der Waals surface area contributed by atoms with Gasteiger partial charge >= 0.3 is 0 Å². The third-order valence-corrected chi connectivity index (χ3v) is 7.55. The largest absolute Gasteiger partial charge is 0.501 e. The van der Waals surface area contributed by atoms with Gasteiger partial charge in [0, 0.05) is 29.2 Å². The zero-order valence-corrected chi connectivity index (χ0v) is 15.2. The van der Waals surface area contributed by atoms with Gasteiger partial charge in [0.2, 0.25) is 0 Å². The van der Waals surface area contributed by atoms with Crippen LogP contribution in [-0.4, -0.2) is 18.3 Å². The molecule has 4 aliphatic rings. The van der Waals surface area contributed by atoms with Gasteiger partial charge in [-0.15, -0.1) is 0 Å². The Bertz CT molecular complexity index is 758. The molecule has 25 heavy (non-hydrogen) atoms. The van der Waals surface area contributed by atoms with E-state index < -0.39 is 11.5 Å². The first-order valence-corrected chi connectivity index (χ1v) is 9.30. The summed E-state index contributed by atoms with van der Waals surface area (Å²) in [6.07, 6.45) is 5.65. The summed E-state index contributed by atoms with van der Waals surface area (Å²) in [6, 6.07) is 2.43. The minimum atomic E-state index is -0.422. The van der Waals surface area contributed by atoms with Crippen molar-refractivity contribution in [1.29, 1.82) is 5.26 Å². The molecule has 0 unspecified atom stereocenters. The van der Waals surface area contributed by atoms with Crippen molar-refractivity contribution in [2.75, 3.05) is 7.11 Å². The van der Waals surface area contributed by atoms with Crippen LogP contribution in [0.5, 0.6) is 0 Å². The summed E-state index contributed by atoms with van der Waals surface area (Å²) in [5.41, 5.74) is 1.92. The van der Waals surface area contributed by atoms with E-state index in [1.54, 1.807) is 7.11 Å². The fraction of sp³-hybridized carbons (Fsp3) is 0.667. The highest BCUT2D eigenvalue weighted by Gasteiger charge is 2.58. The van der Waals surface area contributed by atoms with Crippen molar-refractivity contribution in [1.82, 2.24) is 0 Å². The molecule has 0 aromatic rings. The summed E-state index contributed by atoms with van der Waals surface area (Å²) in [4.78, 5) is 0. The molecule has 134 valence electrons. The second-order valence-corrected chi connectivity index (χ2v) is 8.66. The molecule has 3 nitrogen and oxygen atoms in total. The van der Waals surface area contributed by atoms with E-state index >= 15 is 4.39 Å². The topological polar surface area (TPSA) is 53.2 Å². The first-order valence-electron chi connectivity index (χ1n) is 9.30. The van der Waals surface area contributed by atoms with Crippen molar-refractivity contribution in [3.63, 3.8) is 0 Å². The number of fused-ring (bicyclic) bond motifs is 5. The van der Waals surface area contributed by atoms with Crippen LogP contribution in [0.2, 0.25) is 0 Å². The van der Waals surface area contributed by atoms with E-state index in [0.29, 0.717) is 18.4 Å². The van der Waals surface area contributed by atoms with E-state index in [1.165, 1.54) is 0 Å². The standard InChI is InChI=1S/C21H26FNO2/c1-20-7-6-13(25-3)8-16(20)17(22)9-14-15-4-5-18(24)21(15,2)10-12(11-23)19(14)20/h8,14-15,18,24H,4-7,9-10H2,1-3H3/t14-,15-,18+,20-,21-/m0/s1. The number of nitrogens with zero attached hydrogens (tertiary/aromatic N) is 1. The number of allylic oxidation sites excluding steroid dienone is 6. The van der Waals surface area contributed by atoms with Crippen molar-refractivity contribution in [3.8, 4) is 6.07 Å². The number of halogens is 1. The minimum Gasteiger partial charge on any atom is -0.501 e. The molecule has 0 spiro atoms. The van der Waals surface area contributed by atoms with Gasteiger partial charge in [0.05, 0.1) is 25.0 Å². The number of aliphatic hydroxyl groups is 1. The quantitative estimate of drug-likeness (QED) is 0.759. The van der Waals surface area contributed by atoms with Gasteiger partial charge < -0.3 is 9.84 Å². The number of methoxy groups -OCH3 is 1. The monoisotopic (exact) mass is 343 g/mol. The average molecular weight is 343 g/mol. The summed E-state index contributed by atoms with van der Waals surface area (Å²) in [5, 5.41) is 20.4. The van der Waals surface area contributed by atoms with Crippen molar-refractivity contribution in [2.24, 2.45) is 22.7 Å². The second-order valence-electron chi connectivity index (χ2n) is 8.66. The second kappa shape index (κ2) is 5.45. The van der Waals surface area contributed by atoms with Gasteiger partial charge in [0.1, 0.15) is 5.83 Å². The molecule has 1 saturated carbocycles. The predicted octanol–water partition coefficient (Wildman–Crippen LogP) is 4.56. The normalized spacial score (nSPS) is 43.0. The Morgan fingerprint density at radius 2 is 2.12 bits per heavy atom. The maximum absolute atomic E-state index is 15.2. The molecule has 0 aromatic heterocycles. The fourth-order valence-corrected chi connectivity index (χ4v) is 6.16. The van der Waals surface area contributed by atoms with Gasteiger partial charge in [0.25, 0.3) is 0 Å². The van der Waals surface area contributed by atoms with Crippen LogP contribution >= 0.6 is 0 Å². The summed E-state index contributed by atoms with van der Waals surface area (Å²) in [6.45, 7) is 4.18. The molecule has 4 aliphatic carbocycles. The Morgan fingerprint density at radius 3 is 2.80 bits per heavy atom. The minimum absolute atomic E-state index is 0.0387. The fourth-order valence-electron chi connectivity index (χ4n) is 6.16. The number of hydrogen-bond acceptors (Lipinski definition) is 3. The van der Waals surface area contributed by atoms with E-state index in [-0.39, 0.29) is 23.1 Å². The summed E-state index contributed by atoms with van der Waals surface area (Å²) >= 11 is 0. The molecule has 0 saturated heterocycles. The van der Waals surface area contributed by atoms with Gasteiger partial charge in [-0.3, -0.25) is 0 Å². The summed E-state index contributed by atoms with van der Waals surface area (Å²) < 4.78 is 20.5. The number of aliphatic hydroxyl groups excluding tert-OH is 1. The lowest BCUT2D eigenvalue weighted by Crippen LogP contribution is -2.46. The molecule has 0 aliphatic heterocycles. The molecule has 1 fully saturated rings. The van der Waals surface area contributed by atoms with Crippen molar-refractivity contribution in [2.45, 2.75) is 58.5 Å². The highest BCUT2D eigenvalue weighted by molar-refractivity contribution is 5.51. The molecule has 4 heteroatoms. The van der Waals surface area contributed by atoms with Crippen molar-refractivity contribution >= 4 is 0 Å². The Morgan fingerprint density at radius 1 is 1.36 bits per heavy atom. The molecule has 0 heterocycles. The third-order valence-electron chi connectivity index (χ3n) is 7.55. The Kier molecular flexibility index (Phi) is 3.67. The van der Waals surface area contributed by atoms with Crippen LogP contribution < -0.4 is 0 Å². The van der Waals surface area contributed by atoms with E-state index in [1.807, 2.05) is 6.08 Å². The van der Waals surface area contributed by atoms with Crippen LogP contribution in [0.15, 0.2) is 34.4 Å². The van der Waals surface area contributed by atoms with Crippen LogP contribution in [0.4, 0.5) is 4.39 Å². The first kappa shape index (κ1) is 16.8. The van der Waals surface area contributed by atoms with Crippen LogP contribution in [0.1, 0.15) is 52.4 Å². The zero-order valence-electron chi connectivity index (χ0n) is 15.2. The number of hydrogen-bond donors (Lipinski definition) is 1. The molecule has 0 amide bonds. The van der Waals surface area contributed by atoms with Crippen LogP contribution in [0.25, 0.3) is 0 Å². The van der Waals surface area contributed by atoms with E-state index in [4.69, 9.17) is 4.74 Å². The number of rotatable bonds is 1. The van der Waals surface area contributed by atoms with Crippen LogP contribution in [-0.2, 0) is 4.74 Å². The van der Waals surface area contributed by atoms with E-state index in [0.717, 1.165) is 42.6 Å². The Balaban J connectivity index is 1.90. The van der Waals surface area contributed by atoms with Gasteiger partial charge in [-0.1, -0.05) is 13.8 Å². The first-order chi connectivity index (χ1) is 11.8. The average Bonchev–Trinajstić information content (AvgIpc) is 2.89. The molecule has 0 aromatic carbocycles. The highest BCUT2D eigenvalue weighted by Crippen LogP contribution is 2.65. The molecular formula is C21H26FNO2. The number of ether oxygens (including phenoxy) is 1. The lowest BCUT2D eigenvalue weighted by Gasteiger charge is -2.52. The van der Waals surface area contributed by atoms with Crippen LogP contribution in [0, 0.1) is 34.0 Å². The van der Waals surface area contributed by atoms with E-state index in [9.17, 15) is 10.4 Å². The molecule has 5 atom stereocenters. The Hall–Kier alpha value is -1.60. The summed E-state index contributed by atoms with van der Waals surface area (Å²) in [5.74, 6) is 1.05. The van der Waals surface area contributed by atoms with Crippen molar-refractivity contribution in [3.05, 3.63) is 34.4 Å². The highest BCUT2D eigenvalue weighted by atomic mass is 19.1. The molecule has 1 N–H and O–H groups in total. The summed E-state index contributed by atoms with van der Waals surface area (Å²) in [7, 11) is 1.63. The van der Waals surface area contributed by atoms with Crippen molar-refractivity contribution < 1.29 is 14.2 Å². The van der Waals surface area contributed by atoms with Gasteiger partial charge in [-0.05, 0) is 54.7 Å². The van der Waals surface area contributed by atoms with Gasteiger partial charge in [0.15, 0.2) is 0 Å². The lowest BCUT2D eigenvalue weighted by atomic mass is 9.51. The molecule has 4 rings (SSSR count). The predicted molar refractivity (Wildman–Crippen MR) is 92.8 cm³/mol. The molecule has 0 bridgehead atoms. The maximum Gasteiger partial charge on any atom is 0.105 e. The van der Waals surface area contributed by atoms with Gasteiger partial charge in [-0.2, -0.15) is 5.26 Å². The van der Waals surface area contributed by atoms with Gasteiger partial charge in [-0.25, -0.2) is 4.39 Å². The zero-order chi connectivity index (χ0) is 18.0. The molecule has 0 radical (unpaired) electrons.